The molecular formula is C14H20ClN3O3. The molecule has 1 saturated heterocycles. The number of nitrogens with zero attached hydrogens (tertiary/aromatic N) is 1. The van der Waals surface area contributed by atoms with Crippen LogP contribution in [0.2, 0.25) is 0 Å². The molecule has 0 aromatic heterocycles. The number of hydrogen-bond donors (Lipinski definition) is 2. The lowest BCUT2D eigenvalue weighted by molar-refractivity contribution is -0.384. The van der Waals surface area contributed by atoms with E-state index in [9.17, 15) is 14.9 Å². The number of aryl methyl sites for hydroxylation is 1. The molecule has 2 unspecified atom stereocenters. The van der Waals surface area contributed by atoms with Gasteiger partial charge >= 0.3 is 0 Å². The number of carbonyl (C=O) groups is 1. The number of nitrogens with one attached hydrogen (secondary N) is 2. The van der Waals surface area contributed by atoms with E-state index in [-0.39, 0.29) is 30.0 Å². The van der Waals surface area contributed by atoms with Crippen LogP contribution < -0.4 is 10.6 Å². The minimum absolute atomic E-state index is 0. The summed E-state index contributed by atoms with van der Waals surface area (Å²) in [7, 11) is 0. The van der Waals surface area contributed by atoms with E-state index in [2.05, 4.69) is 17.6 Å². The number of rotatable bonds is 3. The van der Waals surface area contributed by atoms with E-state index in [1.165, 1.54) is 12.1 Å². The molecule has 6 nitrogen and oxygen atoms in total. The molecule has 0 radical (unpaired) electrons. The zero-order valence-electron chi connectivity index (χ0n) is 12.1. The number of nitro groups is 1. The van der Waals surface area contributed by atoms with E-state index in [1.54, 1.807) is 13.0 Å². The summed E-state index contributed by atoms with van der Waals surface area (Å²) in [6.07, 6.45) is 1.01. The number of amides is 1. The van der Waals surface area contributed by atoms with Crippen LogP contribution in [0.5, 0.6) is 0 Å². The van der Waals surface area contributed by atoms with Crippen molar-refractivity contribution in [1.82, 2.24) is 10.6 Å². The molecule has 2 atom stereocenters. The maximum Gasteiger partial charge on any atom is 0.270 e. The first-order chi connectivity index (χ1) is 9.49. The number of non-ortho nitro benzene ring substituents is 1. The maximum absolute atomic E-state index is 12.3. The van der Waals surface area contributed by atoms with E-state index >= 15 is 0 Å². The second kappa shape index (κ2) is 7.38. The fourth-order valence-corrected chi connectivity index (χ4v) is 2.40. The monoisotopic (exact) mass is 313 g/mol. The van der Waals surface area contributed by atoms with Crippen LogP contribution in [0, 0.1) is 23.0 Å². The Bertz CT molecular complexity index is 536. The molecule has 0 saturated carbocycles. The lowest BCUT2D eigenvalue weighted by atomic mass is 9.94. The van der Waals surface area contributed by atoms with Crippen LogP contribution in [0.25, 0.3) is 0 Å². The van der Waals surface area contributed by atoms with Crippen molar-refractivity contribution in [3.8, 4) is 0 Å². The molecule has 1 aliphatic heterocycles. The van der Waals surface area contributed by atoms with E-state index in [1.807, 2.05) is 0 Å². The summed E-state index contributed by atoms with van der Waals surface area (Å²) < 4.78 is 0. The Hall–Kier alpha value is -1.66. The number of carbonyl (C=O) groups excluding carboxylic acids is 1. The second-order valence-electron chi connectivity index (χ2n) is 5.31. The van der Waals surface area contributed by atoms with Crippen LogP contribution in [-0.2, 0) is 0 Å². The quantitative estimate of drug-likeness (QED) is 0.661. The molecule has 2 N–H and O–H groups in total. The van der Waals surface area contributed by atoms with Gasteiger partial charge in [-0.1, -0.05) is 13.0 Å². The van der Waals surface area contributed by atoms with Crippen molar-refractivity contribution in [3.63, 3.8) is 0 Å². The van der Waals surface area contributed by atoms with Crippen molar-refractivity contribution >= 4 is 24.0 Å². The minimum Gasteiger partial charge on any atom is -0.348 e. The normalized spacial score (nSPS) is 21.2. The predicted molar refractivity (Wildman–Crippen MR) is 83.0 cm³/mol. The molecule has 21 heavy (non-hydrogen) atoms. The third kappa shape index (κ3) is 4.15. The molecule has 2 rings (SSSR count). The highest BCUT2D eigenvalue weighted by Gasteiger charge is 2.24. The van der Waals surface area contributed by atoms with Crippen LogP contribution >= 0.6 is 12.4 Å². The Morgan fingerprint density at radius 3 is 2.81 bits per heavy atom. The predicted octanol–water partition coefficient (Wildman–Crippen LogP) is 2.05. The van der Waals surface area contributed by atoms with Crippen molar-refractivity contribution in [1.29, 1.82) is 0 Å². The molecule has 0 spiro atoms. The van der Waals surface area contributed by atoms with Gasteiger partial charge in [0, 0.05) is 30.3 Å². The topological polar surface area (TPSA) is 84.3 Å². The van der Waals surface area contributed by atoms with Gasteiger partial charge in [-0.05, 0) is 31.4 Å². The van der Waals surface area contributed by atoms with Crippen molar-refractivity contribution in [2.24, 2.45) is 5.92 Å². The van der Waals surface area contributed by atoms with E-state index in [4.69, 9.17) is 0 Å². The molecule has 0 aliphatic carbocycles. The molecule has 1 amide bonds. The van der Waals surface area contributed by atoms with Gasteiger partial charge in [0.15, 0.2) is 0 Å². The molecule has 1 fully saturated rings. The Morgan fingerprint density at radius 1 is 1.48 bits per heavy atom. The highest BCUT2D eigenvalue weighted by molar-refractivity contribution is 5.96. The lowest BCUT2D eigenvalue weighted by Gasteiger charge is -2.30. The molecular weight excluding hydrogens is 294 g/mol. The van der Waals surface area contributed by atoms with Crippen LogP contribution in [-0.4, -0.2) is 30.0 Å². The standard InChI is InChI=1S/C14H19N3O3.ClH/c1-9-3-4-11(17(19)20)7-12(9)14(18)16-13-8-15-6-5-10(13)2;/h3-4,7,10,13,15H,5-6,8H2,1-2H3,(H,16,18);1H. The molecule has 1 aliphatic rings. The van der Waals surface area contributed by atoms with Crippen molar-refractivity contribution in [2.75, 3.05) is 13.1 Å². The van der Waals surface area contributed by atoms with Gasteiger partial charge in [0.1, 0.15) is 0 Å². The van der Waals surface area contributed by atoms with Crippen molar-refractivity contribution < 1.29 is 9.72 Å². The van der Waals surface area contributed by atoms with Crippen LogP contribution in [0.15, 0.2) is 18.2 Å². The third-order valence-electron chi connectivity index (χ3n) is 3.82. The summed E-state index contributed by atoms with van der Waals surface area (Å²) in [5, 5.41) is 17.0. The number of hydrogen-bond acceptors (Lipinski definition) is 4. The molecule has 116 valence electrons. The summed E-state index contributed by atoms with van der Waals surface area (Å²) >= 11 is 0. The average Bonchev–Trinajstić information content (AvgIpc) is 2.41. The Labute approximate surface area is 129 Å². The van der Waals surface area contributed by atoms with E-state index < -0.39 is 4.92 Å². The summed E-state index contributed by atoms with van der Waals surface area (Å²) in [5.74, 6) is 0.158. The zero-order valence-corrected chi connectivity index (χ0v) is 12.9. The molecule has 0 bridgehead atoms. The molecule has 7 heteroatoms. The van der Waals surface area contributed by atoms with Gasteiger partial charge in [0.2, 0.25) is 0 Å². The van der Waals surface area contributed by atoms with Gasteiger partial charge in [-0.2, -0.15) is 0 Å². The van der Waals surface area contributed by atoms with E-state index in [0.717, 1.165) is 25.1 Å². The minimum atomic E-state index is -0.485. The van der Waals surface area contributed by atoms with Crippen LogP contribution in [0.1, 0.15) is 29.3 Å². The van der Waals surface area contributed by atoms with Gasteiger partial charge in [-0.15, -0.1) is 12.4 Å². The van der Waals surface area contributed by atoms with E-state index in [0.29, 0.717) is 11.5 Å². The highest BCUT2D eigenvalue weighted by Crippen LogP contribution is 2.18. The molecule has 1 aromatic rings. The van der Waals surface area contributed by atoms with Gasteiger partial charge in [0.05, 0.1) is 4.92 Å². The number of nitro benzene ring substituents is 1. The number of halogens is 1. The first kappa shape index (κ1) is 17.4. The van der Waals surface area contributed by atoms with Gasteiger partial charge in [-0.25, -0.2) is 0 Å². The second-order valence-corrected chi connectivity index (χ2v) is 5.31. The summed E-state index contributed by atoms with van der Waals surface area (Å²) in [4.78, 5) is 22.6. The smallest absolute Gasteiger partial charge is 0.270 e. The Balaban J connectivity index is 0.00000220. The van der Waals surface area contributed by atoms with Crippen LogP contribution in [0.4, 0.5) is 5.69 Å². The van der Waals surface area contributed by atoms with Crippen molar-refractivity contribution in [2.45, 2.75) is 26.3 Å². The average molecular weight is 314 g/mol. The SMILES string of the molecule is Cc1ccc([N+](=O)[O-])cc1C(=O)NC1CNCCC1C.Cl. The van der Waals surface area contributed by atoms with Gasteiger partial charge < -0.3 is 10.6 Å². The Kier molecular flexibility index (Phi) is 6.11. The first-order valence-corrected chi connectivity index (χ1v) is 6.75. The number of piperidine rings is 1. The number of benzene rings is 1. The molecule has 1 heterocycles. The zero-order chi connectivity index (χ0) is 14.7. The highest BCUT2D eigenvalue weighted by atomic mass is 35.5. The van der Waals surface area contributed by atoms with Crippen LogP contribution in [0.3, 0.4) is 0 Å². The van der Waals surface area contributed by atoms with Gasteiger partial charge in [-0.3, -0.25) is 14.9 Å². The van der Waals surface area contributed by atoms with Gasteiger partial charge in [0.25, 0.3) is 11.6 Å². The first-order valence-electron chi connectivity index (χ1n) is 6.75. The Morgan fingerprint density at radius 2 is 2.19 bits per heavy atom. The fourth-order valence-electron chi connectivity index (χ4n) is 2.40. The third-order valence-corrected chi connectivity index (χ3v) is 3.82. The fraction of sp³-hybridized carbons (Fsp3) is 0.500. The maximum atomic E-state index is 12.3. The van der Waals surface area contributed by atoms with Crippen molar-refractivity contribution in [3.05, 3.63) is 39.4 Å². The lowest BCUT2D eigenvalue weighted by Crippen LogP contribution is -2.50. The summed E-state index contributed by atoms with van der Waals surface area (Å²) in [6.45, 7) is 5.58. The summed E-state index contributed by atoms with van der Waals surface area (Å²) in [6, 6.07) is 4.42. The largest absolute Gasteiger partial charge is 0.348 e. The summed E-state index contributed by atoms with van der Waals surface area (Å²) in [5.41, 5.74) is 1.05. The molecule has 1 aromatic carbocycles.